The minimum atomic E-state index is 0.0518. The second kappa shape index (κ2) is 6.21. The molecule has 7 nitrogen and oxygen atoms in total. The molecule has 0 radical (unpaired) electrons. The standard InChI is InChI=1S/C20H20N6O/c1-24-6-8-25(9-7-24)20(27)15-11-17-18(13-22-19(17)21-12-15)14-3-5-26-16(10-14)2-4-23-26/h2-5,10-13H,6-9H2,1H3,(H,21,22). The van der Waals surface area contributed by atoms with Crippen molar-refractivity contribution in [2.75, 3.05) is 33.2 Å². The van der Waals surface area contributed by atoms with Gasteiger partial charge in [0.1, 0.15) is 5.65 Å². The Balaban J connectivity index is 1.53. The number of carbonyl (C=O) groups excluding carboxylic acids is 1. The van der Waals surface area contributed by atoms with Crippen LogP contribution >= 0.6 is 0 Å². The van der Waals surface area contributed by atoms with E-state index in [4.69, 9.17) is 0 Å². The Hall–Kier alpha value is -3.19. The van der Waals surface area contributed by atoms with Crippen LogP contribution in [0, 0.1) is 0 Å². The predicted octanol–water partition coefficient (Wildman–Crippen LogP) is 2.27. The first-order chi connectivity index (χ1) is 13.2. The first kappa shape index (κ1) is 16.0. The summed E-state index contributed by atoms with van der Waals surface area (Å²) in [5, 5.41) is 5.20. The highest BCUT2D eigenvalue weighted by Gasteiger charge is 2.21. The number of piperazine rings is 1. The summed E-state index contributed by atoms with van der Waals surface area (Å²) < 4.78 is 1.83. The molecule has 4 aromatic rings. The second-order valence-corrected chi connectivity index (χ2v) is 7.03. The number of likely N-dealkylation sites (N-methyl/N-ethyl adjacent to an activating group) is 1. The summed E-state index contributed by atoms with van der Waals surface area (Å²) >= 11 is 0. The smallest absolute Gasteiger partial charge is 0.255 e. The highest BCUT2D eigenvalue weighted by Crippen LogP contribution is 2.29. The second-order valence-electron chi connectivity index (χ2n) is 7.03. The summed E-state index contributed by atoms with van der Waals surface area (Å²) in [6, 6.07) is 8.04. The van der Waals surface area contributed by atoms with E-state index >= 15 is 0 Å². The average molecular weight is 360 g/mol. The number of hydrogen-bond acceptors (Lipinski definition) is 4. The van der Waals surface area contributed by atoms with Gasteiger partial charge in [0.05, 0.1) is 11.1 Å². The van der Waals surface area contributed by atoms with Crippen molar-refractivity contribution in [3.8, 4) is 11.1 Å². The molecule has 1 saturated heterocycles. The van der Waals surface area contributed by atoms with Crippen LogP contribution < -0.4 is 0 Å². The van der Waals surface area contributed by atoms with E-state index in [0.717, 1.165) is 53.9 Å². The molecule has 5 heterocycles. The van der Waals surface area contributed by atoms with Gasteiger partial charge >= 0.3 is 0 Å². The Labute approximate surface area is 156 Å². The molecule has 1 N–H and O–H groups in total. The van der Waals surface area contributed by atoms with Gasteiger partial charge in [-0.15, -0.1) is 0 Å². The molecule has 0 aliphatic carbocycles. The lowest BCUT2D eigenvalue weighted by molar-refractivity contribution is 0.0664. The van der Waals surface area contributed by atoms with Gasteiger partial charge in [0.25, 0.3) is 5.91 Å². The summed E-state index contributed by atoms with van der Waals surface area (Å²) in [7, 11) is 2.08. The molecule has 136 valence electrons. The number of nitrogens with one attached hydrogen (secondary N) is 1. The van der Waals surface area contributed by atoms with Crippen LogP contribution in [0.2, 0.25) is 0 Å². The summed E-state index contributed by atoms with van der Waals surface area (Å²) in [5.41, 5.74) is 4.56. The molecule has 5 rings (SSSR count). The van der Waals surface area contributed by atoms with Crippen molar-refractivity contribution in [2.45, 2.75) is 0 Å². The van der Waals surface area contributed by atoms with Crippen LogP contribution in [0.5, 0.6) is 0 Å². The highest BCUT2D eigenvalue weighted by molar-refractivity contribution is 6.01. The maximum absolute atomic E-state index is 12.9. The van der Waals surface area contributed by atoms with Crippen molar-refractivity contribution in [1.29, 1.82) is 0 Å². The predicted molar refractivity (Wildman–Crippen MR) is 104 cm³/mol. The number of fused-ring (bicyclic) bond motifs is 2. The Kier molecular flexibility index (Phi) is 3.68. The maximum Gasteiger partial charge on any atom is 0.255 e. The molecule has 1 aliphatic rings. The average Bonchev–Trinajstić information content (AvgIpc) is 3.33. The molecule has 7 heteroatoms. The van der Waals surface area contributed by atoms with Crippen LogP contribution in [-0.2, 0) is 0 Å². The molecule has 1 aliphatic heterocycles. The lowest BCUT2D eigenvalue weighted by atomic mass is 10.1. The van der Waals surface area contributed by atoms with E-state index in [1.807, 2.05) is 40.0 Å². The van der Waals surface area contributed by atoms with Crippen molar-refractivity contribution in [3.05, 3.63) is 54.6 Å². The van der Waals surface area contributed by atoms with Gasteiger partial charge in [-0.3, -0.25) is 4.79 Å². The third-order valence-corrected chi connectivity index (χ3v) is 5.28. The SMILES string of the molecule is CN1CCN(C(=O)c2cnc3[nH]cc(-c4ccn5nccc5c4)c3c2)CC1. The zero-order valence-electron chi connectivity index (χ0n) is 15.1. The van der Waals surface area contributed by atoms with E-state index in [9.17, 15) is 4.79 Å². The zero-order chi connectivity index (χ0) is 18.4. The lowest BCUT2D eigenvalue weighted by Gasteiger charge is -2.32. The molecule has 0 aromatic carbocycles. The molecular formula is C20H20N6O. The highest BCUT2D eigenvalue weighted by atomic mass is 16.2. The van der Waals surface area contributed by atoms with Gasteiger partial charge in [-0.25, -0.2) is 9.50 Å². The van der Waals surface area contributed by atoms with Crippen molar-refractivity contribution < 1.29 is 4.79 Å². The minimum Gasteiger partial charge on any atom is -0.346 e. The van der Waals surface area contributed by atoms with Gasteiger partial charge in [0.2, 0.25) is 0 Å². The lowest BCUT2D eigenvalue weighted by Crippen LogP contribution is -2.47. The Morgan fingerprint density at radius 1 is 1.15 bits per heavy atom. The van der Waals surface area contributed by atoms with E-state index in [2.05, 4.69) is 33.1 Å². The van der Waals surface area contributed by atoms with Gasteiger partial charge in [-0.2, -0.15) is 5.10 Å². The Morgan fingerprint density at radius 2 is 2.00 bits per heavy atom. The topological polar surface area (TPSA) is 69.5 Å². The minimum absolute atomic E-state index is 0.0518. The molecule has 4 aromatic heterocycles. The largest absolute Gasteiger partial charge is 0.346 e. The molecule has 1 fully saturated rings. The molecule has 0 spiro atoms. The van der Waals surface area contributed by atoms with Crippen LogP contribution in [-0.4, -0.2) is 68.5 Å². The maximum atomic E-state index is 12.9. The Morgan fingerprint density at radius 3 is 2.85 bits per heavy atom. The fourth-order valence-electron chi connectivity index (χ4n) is 3.64. The van der Waals surface area contributed by atoms with E-state index in [1.54, 1.807) is 12.4 Å². The molecule has 27 heavy (non-hydrogen) atoms. The van der Waals surface area contributed by atoms with E-state index in [-0.39, 0.29) is 5.91 Å². The van der Waals surface area contributed by atoms with E-state index < -0.39 is 0 Å². The third-order valence-electron chi connectivity index (χ3n) is 5.28. The van der Waals surface area contributed by atoms with Crippen LogP contribution in [0.25, 0.3) is 27.7 Å². The van der Waals surface area contributed by atoms with Crippen LogP contribution in [0.1, 0.15) is 10.4 Å². The molecular weight excluding hydrogens is 340 g/mol. The van der Waals surface area contributed by atoms with Gasteiger partial charge < -0.3 is 14.8 Å². The number of hydrogen-bond donors (Lipinski definition) is 1. The molecule has 0 saturated carbocycles. The fraction of sp³-hybridized carbons (Fsp3) is 0.250. The number of rotatable bonds is 2. The van der Waals surface area contributed by atoms with Gasteiger partial charge in [-0.05, 0) is 36.9 Å². The van der Waals surface area contributed by atoms with Crippen molar-refractivity contribution in [2.24, 2.45) is 0 Å². The number of pyridine rings is 2. The van der Waals surface area contributed by atoms with Gasteiger partial charge in [0.15, 0.2) is 0 Å². The summed E-state index contributed by atoms with van der Waals surface area (Å²) in [4.78, 5) is 24.7. The van der Waals surface area contributed by atoms with Gasteiger partial charge in [0, 0.05) is 61.9 Å². The van der Waals surface area contributed by atoms with Crippen molar-refractivity contribution in [1.82, 2.24) is 29.4 Å². The fourth-order valence-corrected chi connectivity index (χ4v) is 3.64. The number of carbonyl (C=O) groups is 1. The van der Waals surface area contributed by atoms with Crippen molar-refractivity contribution >= 4 is 22.5 Å². The number of aromatic amines is 1. The number of aromatic nitrogens is 4. The first-order valence-corrected chi connectivity index (χ1v) is 9.08. The van der Waals surface area contributed by atoms with Crippen LogP contribution in [0.3, 0.4) is 0 Å². The molecule has 0 unspecified atom stereocenters. The van der Waals surface area contributed by atoms with Crippen LogP contribution in [0.15, 0.2) is 49.1 Å². The number of nitrogens with zero attached hydrogens (tertiary/aromatic N) is 5. The summed E-state index contributed by atoms with van der Waals surface area (Å²) in [6.07, 6.45) is 7.34. The van der Waals surface area contributed by atoms with E-state index in [1.165, 1.54) is 0 Å². The normalized spacial score (nSPS) is 15.7. The zero-order valence-corrected chi connectivity index (χ0v) is 15.1. The van der Waals surface area contributed by atoms with Gasteiger partial charge in [-0.1, -0.05) is 0 Å². The summed E-state index contributed by atoms with van der Waals surface area (Å²) in [6.45, 7) is 3.32. The Bertz CT molecular complexity index is 1140. The van der Waals surface area contributed by atoms with Crippen LogP contribution in [0.4, 0.5) is 0 Å². The molecule has 1 amide bonds. The molecule has 0 bridgehead atoms. The third kappa shape index (κ3) is 2.76. The summed E-state index contributed by atoms with van der Waals surface area (Å²) in [5.74, 6) is 0.0518. The first-order valence-electron chi connectivity index (χ1n) is 9.08. The van der Waals surface area contributed by atoms with Crippen molar-refractivity contribution in [3.63, 3.8) is 0 Å². The van der Waals surface area contributed by atoms with E-state index in [0.29, 0.717) is 5.56 Å². The quantitative estimate of drug-likeness (QED) is 0.595. The molecule has 0 atom stereocenters. The monoisotopic (exact) mass is 360 g/mol. The number of H-pyrrole nitrogens is 1. The number of amides is 1.